The van der Waals surface area contributed by atoms with Gasteiger partial charge in [-0.3, -0.25) is 9.36 Å². The van der Waals surface area contributed by atoms with Crippen molar-refractivity contribution in [2.75, 3.05) is 26.4 Å². The second kappa shape index (κ2) is 8.54. The van der Waals surface area contributed by atoms with Gasteiger partial charge in [0, 0.05) is 0 Å². The van der Waals surface area contributed by atoms with Crippen LogP contribution in [0.1, 0.15) is 0 Å². The molecule has 102 valence electrons. The van der Waals surface area contributed by atoms with Gasteiger partial charge in [-0.1, -0.05) is 0 Å². The van der Waals surface area contributed by atoms with Crippen LogP contribution in [0, 0.1) is 0 Å². The molecule has 3 N–H and O–H groups in total. The van der Waals surface area contributed by atoms with E-state index >= 15 is 0 Å². The van der Waals surface area contributed by atoms with Crippen molar-refractivity contribution in [1.29, 1.82) is 0 Å². The first-order valence-corrected chi connectivity index (χ1v) is 5.99. The smallest absolute Gasteiger partial charge is 0.293 e. The SMILES string of the molecule is O=COC[C@H](O)COP(=O)([O-])OC[C@H](O)CO. The fourth-order valence-corrected chi connectivity index (χ4v) is 1.43. The molecule has 9 nitrogen and oxygen atoms in total. The van der Waals surface area contributed by atoms with E-state index in [9.17, 15) is 14.3 Å². The number of hydrogen-bond donors (Lipinski definition) is 3. The number of phosphoric ester groups is 1. The first kappa shape index (κ1) is 16.5. The molecule has 10 heteroatoms. The number of aliphatic hydroxyl groups excluding tert-OH is 3. The molecule has 0 amide bonds. The Kier molecular flexibility index (Phi) is 8.26. The van der Waals surface area contributed by atoms with Crippen LogP contribution >= 0.6 is 7.82 Å². The quantitative estimate of drug-likeness (QED) is 0.287. The molecule has 0 bridgehead atoms. The van der Waals surface area contributed by atoms with E-state index in [0.29, 0.717) is 0 Å². The van der Waals surface area contributed by atoms with Crippen molar-refractivity contribution >= 4 is 14.3 Å². The van der Waals surface area contributed by atoms with Crippen LogP contribution in [0.25, 0.3) is 0 Å². The minimum atomic E-state index is -4.67. The lowest BCUT2D eigenvalue weighted by molar-refractivity contribution is -0.229. The third-order valence-corrected chi connectivity index (χ3v) is 2.35. The highest BCUT2D eigenvalue weighted by atomic mass is 31.2. The van der Waals surface area contributed by atoms with E-state index in [-0.39, 0.29) is 6.47 Å². The minimum Gasteiger partial charge on any atom is -0.756 e. The zero-order valence-corrected chi connectivity index (χ0v) is 9.69. The van der Waals surface area contributed by atoms with Crippen LogP contribution in [0.4, 0.5) is 0 Å². The maximum Gasteiger partial charge on any atom is 0.293 e. The number of hydrogen-bond acceptors (Lipinski definition) is 9. The molecule has 0 saturated carbocycles. The van der Waals surface area contributed by atoms with Crippen LogP contribution in [0.5, 0.6) is 0 Å². The average molecular weight is 273 g/mol. The summed E-state index contributed by atoms with van der Waals surface area (Å²) in [7, 11) is -4.67. The van der Waals surface area contributed by atoms with E-state index in [1.165, 1.54) is 0 Å². The Balaban J connectivity index is 3.84. The van der Waals surface area contributed by atoms with Gasteiger partial charge in [0.15, 0.2) is 0 Å². The highest BCUT2D eigenvalue weighted by Gasteiger charge is 2.15. The number of phosphoric acid groups is 1. The zero-order valence-electron chi connectivity index (χ0n) is 8.80. The molecule has 0 heterocycles. The summed E-state index contributed by atoms with van der Waals surface area (Å²) in [6.45, 7) is -2.28. The van der Waals surface area contributed by atoms with Gasteiger partial charge in [0.1, 0.15) is 18.8 Å². The molecular weight excluding hydrogens is 259 g/mol. The van der Waals surface area contributed by atoms with Crippen molar-refractivity contribution in [3.8, 4) is 0 Å². The van der Waals surface area contributed by atoms with Crippen molar-refractivity contribution in [2.45, 2.75) is 12.2 Å². The van der Waals surface area contributed by atoms with Crippen molar-refractivity contribution in [2.24, 2.45) is 0 Å². The fourth-order valence-electron chi connectivity index (χ4n) is 0.643. The summed E-state index contributed by atoms with van der Waals surface area (Å²) in [6, 6.07) is 0. The Labute approximate surface area is 97.2 Å². The molecule has 0 spiro atoms. The number of carbonyl (C=O) groups is 1. The van der Waals surface area contributed by atoms with Gasteiger partial charge in [-0.05, 0) is 0 Å². The van der Waals surface area contributed by atoms with Gasteiger partial charge >= 0.3 is 0 Å². The van der Waals surface area contributed by atoms with Crippen molar-refractivity contribution in [3.05, 3.63) is 0 Å². The van der Waals surface area contributed by atoms with E-state index in [4.69, 9.17) is 15.3 Å². The Morgan fingerprint density at radius 2 is 1.71 bits per heavy atom. The molecule has 0 aromatic heterocycles. The van der Waals surface area contributed by atoms with E-state index in [1.54, 1.807) is 0 Å². The van der Waals surface area contributed by atoms with Gasteiger partial charge in [0.25, 0.3) is 14.3 Å². The summed E-state index contributed by atoms with van der Waals surface area (Å²) in [6.07, 6.45) is -2.65. The van der Waals surface area contributed by atoms with Crippen molar-refractivity contribution in [1.82, 2.24) is 0 Å². The molecule has 3 atom stereocenters. The molecule has 17 heavy (non-hydrogen) atoms. The Morgan fingerprint density at radius 3 is 2.18 bits per heavy atom. The molecule has 0 rings (SSSR count). The lowest BCUT2D eigenvalue weighted by Crippen LogP contribution is -2.25. The van der Waals surface area contributed by atoms with E-state index in [0.717, 1.165) is 0 Å². The number of aliphatic hydroxyl groups is 3. The van der Waals surface area contributed by atoms with Crippen molar-refractivity contribution < 1.29 is 43.4 Å². The van der Waals surface area contributed by atoms with Gasteiger partial charge in [0.2, 0.25) is 0 Å². The predicted molar refractivity (Wildman–Crippen MR) is 50.6 cm³/mol. The van der Waals surface area contributed by atoms with Crippen LogP contribution < -0.4 is 4.89 Å². The molecule has 0 radical (unpaired) electrons. The summed E-state index contributed by atoms with van der Waals surface area (Å²) < 4.78 is 23.6. The lowest BCUT2D eigenvalue weighted by Gasteiger charge is -2.24. The summed E-state index contributed by atoms with van der Waals surface area (Å²) in [4.78, 5) is 20.8. The normalized spacial score (nSPS) is 18.1. The summed E-state index contributed by atoms with van der Waals surface area (Å²) in [5.74, 6) is 0. The van der Waals surface area contributed by atoms with E-state index in [1.807, 2.05) is 0 Å². The molecule has 0 aliphatic carbocycles. The largest absolute Gasteiger partial charge is 0.756 e. The van der Waals surface area contributed by atoms with Crippen LogP contribution in [-0.4, -0.2) is 60.4 Å². The molecule has 0 aromatic carbocycles. The van der Waals surface area contributed by atoms with Crippen LogP contribution in [0.15, 0.2) is 0 Å². The highest BCUT2D eigenvalue weighted by Crippen LogP contribution is 2.38. The van der Waals surface area contributed by atoms with E-state index < -0.39 is 46.5 Å². The Bertz CT molecular complexity index is 258. The monoisotopic (exact) mass is 273 g/mol. The predicted octanol–water partition coefficient (Wildman–Crippen LogP) is -2.62. The maximum absolute atomic E-state index is 11.0. The minimum absolute atomic E-state index is 0.0914. The third kappa shape index (κ3) is 9.19. The molecule has 0 aromatic rings. The van der Waals surface area contributed by atoms with E-state index in [2.05, 4.69) is 13.8 Å². The van der Waals surface area contributed by atoms with Gasteiger partial charge < -0.3 is 34.0 Å². The highest BCUT2D eigenvalue weighted by molar-refractivity contribution is 7.45. The molecular formula is C7H14O9P-. The fraction of sp³-hybridized carbons (Fsp3) is 0.857. The first-order chi connectivity index (χ1) is 7.91. The maximum atomic E-state index is 11.0. The second-order valence-electron chi connectivity index (χ2n) is 2.96. The van der Waals surface area contributed by atoms with Gasteiger partial charge in [0.05, 0.1) is 19.8 Å². The number of ether oxygens (including phenoxy) is 1. The number of rotatable bonds is 10. The van der Waals surface area contributed by atoms with Crippen molar-refractivity contribution in [3.63, 3.8) is 0 Å². The van der Waals surface area contributed by atoms with Gasteiger partial charge in [-0.25, -0.2) is 0 Å². The molecule has 1 unspecified atom stereocenters. The topological polar surface area (TPSA) is 146 Å². The van der Waals surface area contributed by atoms with Gasteiger partial charge in [-0.2, -0.15) is 0 Å². The molecule has 0 aliphatic heterocycles. The van der Waals surface area contributed by atoms with Crippen LogP contribution in [0.2, 0.25) is 0 Å². The third-order valence-electron chi connectivity index (χ3n) is 1.42. The summed E-state index contributed by atoms with van der Waals surface area (Å²) in [5.41, 5.74) is 0. The molecule has 0 saturated heterocycles. The Morgan fingerprint density at radius 1 is 1.18 bits per heavy atom. The van der Waals surface area contributed by atoms with Crippen LogP contribution in [0.3, 0.4) is 0 Å². The summed E-state index contributed by atoms with van der Waals surface area (Å²) in [5, 5.41) is 26.3. The Hall–Kier alpha value is -0.540. The zero-order chi connectivity index (χ0) is 13.3. The summed E-state index contributed by atoms with van der Waals surface area (Å²) >= 11 is 0. The molecule has 0 aliphatic rings. The van der Waals surface area contributed by atoms with Gasteiger partial charge in [-0.15, -0.1) is 0 Å². The second-order valence-corrected chi connectivity index (χ2v) is 4.37. The standard InChI is InChI=1S/C7H15O9P/c8-1-6(10)3-15-17(12,13)16-4-7(11)2-14-5-9/h5-8,10-11H,1-4H2,(H,12,13)/p-1/t6-,7+/m1/s1. The number of carbonyl (C=O) groups excluding carboxylic acids is 1. The van der Waals surface area contributed by atoms with Crippen LogP contribution in [-0.2, 0) is 23.1 Å². The average Bonchev–Trinajstić information content (AvgIpc) is 2.31. The lowest BCUT2D eigenvalue weighted by atomic mass is 10.4. The first-order valence-electron chi connectivity index (χ1n) is 4.53. The molecule has 0 fully saturated rings.